The number of primary amides is 1. The number of hydrogen-bond acceptors (Lipinski definition) is 4. The van der Waals surface area contributed by atoms with Crippen LogP contribution in [0.25, 0.3) is 0 Å². The van der Waals surface area contributed by atoms with Gasteiger partial charge in [-0.15, -0.1) is 0 Å². The molecule has 6 nitrogen and oxygen atoms in total. The Balaban J connectivity index is 1.59. The molecule has 2 heterocycles. The van der Waals surface area contributed by atoms with Crippen LogP contribution in [0.2, 0.25) is 0 Å². The average molecular weight is 321 g/mol. The van der Waals surface area contributed by atoms with Crippen LogP contribution in [0.4, 0.5) is 4.39 Å². The number of carbonyl (C=O) groups excluding carboxylic acids is 2. The van der Waals surface area contributed by atoms with Crippen LogP contribution in [0.1, 0.15) is 36.2 Å². The number of nitrogens with two attached hydrogens (primary N) is 1. The van der Waals surface area contributed by atoms with Crippen molar-refractivity contribution >= 4 is 11.8 Å². The van der Waals surface area contributed by atoms with Crippen molar-refractivity contribution in [3.8, 4) is 0 Å². The van der Waals surface area contributed by atoms with E-state index in [1.165, 1.54) is 18.3 Å². The molecule has 1 aromatic rings. The van der Waals surface area contributed by atoms with Crippen molar-refractivity contribution in [3.05, 3.63) is 29.8 Å². The number of aromatic nitrogens is 1. The Morgan fingerprint density at radius 2 is 2.13 bits per heavy atom. The van der Waals surface area contributed by atoms with Crippen molar-refractivity contribution in [3.63, 3.8) is 0 Å². The highest BCUT2D eigenvalue weighted by molar-refractivity contribution is 5.92. The van der Waals surface area contributed by atoms with Crippen molar-refractivity contribution in [1.29, 1.82) is 0 Å². The van der Waals surface area contributed by atoms with Gasteiger partial charge in [-0.3, -0.25) is 9.59 Å². The zero-order valence-electron chi connectivity index (χ0n) is 12.8. The van der Waals surface area contributed by atoms with Gasteiger partial charge in [0.05, 0.1) is 6.10 Å². The molecule has 124 valence electrons. The summed E-state index contributed by atoms with van der Waals surface area (Å²) in [7, 11) is 0. The Morgan fingerprint density at radius 1 is 1.39 bits per heavy atom. The summed E-state index contributed by atoms with van der Waals surface area (Å²) in [5, 5.41) is 0. The van der Waals surface area contributed by atoms with Gasteiger partial charge in [-0.25, -0.2) is 9.37 Å². The SMILES string of the molecule is NC(=O)COC1CCC12CCN(C(=O)c1ncccc1F)CC2. The van der Waals surface area contributed by atoms with Gasteiger partial charge in [-0.05, 0) is 37.8 Å². The molecular formula is C16H20FN3O3. The van der Waals surface area contributed by atoms with Crippen LogP contribution >= 0.6 is 0 Å². The van der Waals surface area contributed by atoms with Gasteiger partial charge in [0.1, 0.15) is 6.61 Å². The van der Waals surface area contributed by atoms with Gasteiger partial charge < -0.3 is 15.4 Å². The highest BCUT2D eigenvalue weighted by Crippen LogP contribution is 2.50. The van der Waals surface area contributed by atoms with E-state index in [1.54, 1.807) is 4.90 Å². The Kier molecular flexibility index (Phi) is 4.30. The second-order valence-electron chi connectivity index (χ2n) is 6.29. The van der Waals surface area contributed by atoms with E-state index in [-0.39, 0.29) is 29.7 Å². The zero-order chi connectivity index (χ0) is 16.4. The lowest BCUT2D eigenvalue weighted by Crippen LogP contribution is -2.54. The fourth-order valence-corrected chi connectivity index (χ4v) is 3.53. The Morgan fingerprint density at radius 3 is 2.70 bits per heavy atom. The van der Waals surface area contributed by atoms with Crippen LogP contribution in [0.5, 0.6) is 0 Å². The smallest absolute Gasteiger partial charge is 0.275 e. The minimum atomic E-state index is -0.593. The van der Waals surface area contributed by atoms with Crippen LogP contribution in [0.15, 0.2) is 18.3 Å². The second kappa shape index (κ2) is 6.23. The molecule has 1 atom stereocenters. The Bertz CT molecular complexity index is 614. The molecule has 23 heavy (non-hydrogen) atoms. The van der Waals surface area contributed by atoms with E-state index in [2.05, 4.69) is 4.98 Å². The minimum Gasteiger partial charge on any atom is -0.368 e. The fourth-order valence-electron chi connectivity index (χ4n) is 3.53. The first-order chi connectivity index (χ1) is 11.0. The largest absolute Gasteiger partial charge is 0.368 e. The van der Waals surface area contributed by atoms with Crippen LogP contribution in [-0.2, 0) is 9.53 Å². The van der Waals surface area contributed by atoms with Gasteiger partial charge in [-0.2, -0.15) is 0 Å². The van der Waals surface area contributed by atoms with Crippen molar-refractivity contribution < 1.29 is 18.7 Å². The van der Waals surface area contributed by atoms with Crippen molar-refractivity contribution in [2.75, 3.05) is 19.7 Å². The Labute approximate surface area is 133 Å². The highest BCUT2D eigenvalue weighted by atomic mass is 19.1. The summed E-state index contributed by atoms with van der Waals surface area (Å²) in [5.74, 6) is -1.43. The summed E-state index contributed by atoms with van der Waals surface area (Å²) in [6.07, 6.45) is 4.96. The molecule has 1 aliphatic carbocycles. The molecule has 0 aromatic carbocycles. The molecule has 2 aliphatic rings. The van der Waals surface area contributed by atoms with E-state index >= 15 is 0 Å². The first-order valence-corrected chi connectivity index (χ1v) is 7.81. The standard InChI is InChI=1S/C16H20FN3O3/c17-11-2-1-7-19-14(11)15(22)20-8-5-16(6-9-20)4-3-12(16)23-10-13(18)21/h1-2,7,12H,3-6,8-10H2,(H2,18,21). The first-order valence-electron chi connectivity index (χ1n) is 7.81. The van der Waals surface area contributed by atoms with E-state index < -0.39 is 11.7 Å². The van der Waals surface area contributed by atoms with Crippen LogP contribution in [0, 0.1) is 11.2 Å². The molecule has 0 bridgehead atoms. The Hall–Kier alpha value is -2.02. The fraction of sp³-hybridized carbons (Fsp3) is 0.562. The van der Waals surface area contributed by atoms with Gasteiger partial charge in [-0.1, -0.05) is 0 Å². The molecule has 2 fully saturated rings. The zero-order valence-corrected chi connectivity index (χ0v) is 12.8. The van der Waals surface area contributed by atoms with Crippen LogP contribution < -0.4 is 5.73 Å². The number of rotatable bonds is 4. The molecule has 3 rings (SSSR count). The molecule has 1 spiro atoms. The van der Waals surface area contributed by atoms with E-state index in [9.17, 15) is 14.0 Å². The predicted molar refractivity (Wildman–Crippen MR) is 79.9 cm³/mol. The number of carbonyl (C=O) groups is 2. The van der Waals surface area contributed by atoms with Gasteiger partial charge in [0.15, 0.2) is 11.5 Å². The van der Waals surface area contributed by atoms with Gasteiger partial charge in [0.25, 0.3) is 5.91 Å². The number of likely N-dealkylation sites (tertiary alicyclic amines) is 1. The summed E-state index contributed by atoms with van der Waals surface area (Å²) >= 11 is 0. The number of pyridine rings is 1. The van der Waals surface area contributed by atoms with Gasteiger partial charge in [0, 0.05) is 24.7 Å². The van der Waals surface area contributed by atoms with E-state index in [1.807, 2.05) is 0 Å². The third-order valence-electron chi connectivity index (χ3n) is 5.02. The predicted octanol–water partition coefficient (Wildman–Crippen LogP) is 1.11. The maximum Gasteiger partial charge on any atom is 0.275 e. The van der Waals surface area contributed by atoms with E-state index in [0.29, 0.717) is 13.1 Å². The third-order valence-corrected chi connectivity index (χ3v) is 5.02. The van der Waals surface area contributed by atoms with E-state index in [4.69, 9.17) is 10.5 Å². The van der Waals surface area contributed by atoms with Gasteiger partial charge in [0.2, 0.25) is 5.91 Å². The molecule has 2 amide bonds. The molecule has 0 radical (unpaired) electrons. The summed E-state index contributed by atoms with van der Waals surface area (Å²) < 4.78 is 19.3. The summed E-state index contributed by atoms with van der Waals surface area (Å²) in [6.45, 7) is 1.03. The van der Waals surface area contributed by atoms with E-state index in [0.717, 1.165) is 25.7 Å². The molecule has 7 heteroatoms. The minimum absolute atomic E-state index is 0.0227. The molecule has 2 N–H and O–H groups in total. The lowest BCUT2D eigenvalue weighted by Gasteiger charge is -2.53. The molecule has 1 unspecified atom stereocenters. The maximum absolute atomic E-state index is 13.7. The number of piperidine rings is 1. The number of hydrogen-bond donors (Lipinski definition) is 1. The maximum atomic E-state index is 13.7. The average Bonchev–Trinajstić information content (AvgIpc) is 2.53. The normalized spacial score (nSPS) is 22.7. The second-order valence-corrected chi connectivity index (χ2v) is 6.29. The van der Waals surface area contributed by atoms with Gasteiger partial charge >= 0.3 is 0 Å². The first kappa shape index (κ1) is 15.9. The summed E-state index contributed by atoms with van der Waals surface area (Å²) in [4.78, 5) is 28.7. The van der Waals surface area contributed by atoms with Crippen molar-refractivity contribution in [1.82, 2.24) is 9.88 Å². The number of amides is 2. The number of ether oxygens (including phenoxy) is 1. The van der Waals surface area contributed by atoms with Crippen LogP contribution in [0.3, 0.4) is 0 Å². The van der Waals surface area contributed by atoms with Crippen molar-refractivity contribution in [2.24, 2.45) is 11.1 Å². The molecule has 1 saturated heterocycles. The summed E-state index contributed by atoms with van der Waals surface area (Å²) in [6, 6.07) is 2.71. The molecule has 1 aliphatic heterocycles. The molecule has 1 saturated carbocycles. The lowest BCUT2D eigenvalue weighted by atomic mass is 9.60. The van der Waals surface area contributed by atoms with Crippen molar-refractivity contribution in [2.45, 2.75) is 31.8 Å². The summed E-state index contributed by atoms with van der Waals surface area (Å²) in [5.41, 5.74) is 5.01. The number of halogens is 1. The molecular weight excluding hydrogens is 301 g/mol. The third kappa shape index (κ3) is 3.06. The highest BCUT2D eigenvalue weighted by Gasteiger charge is 2.49. The number of nitrogens with zero attached hydrogens (tertiary/aromatic N) is 2. The molecule has 1 aromatic heterocycles. The monoisotopic (exact) mass is 321 g/mol. The quantitative estimate of drug-likeness (QED) is 0.900. The van der Waals surface area contributed by atoms with Crippen LogP contribution in [-0.4, -0.2) is 47.5 Å². The topological polar surface area (TPSA) is 85.5 Å². The lowest BCUT2D eigenvalue weighted by molar-refractivity contribution is -0.149.